The second-order valence-electron chi connectivity index (χ2n) is 3.43. The molecule has 0 atom stereocenters. The van der Waals surface area contributed by atoms with Gasteiger partial charge in [-0.2, -0.15) is 0 Å². The van der Waals surface area contributed by atoms with E-state index in [9.17, 15) is 4.79 Å². The average Bonchev–Trinajstić information content (AvgIpc) is 2.45. The molecule has 2 rings (SSSR count). The molecule has 5 heteroatoms. The van der Waals surface area contributed by atoms with Gasteiger partial charge in [0.25, 0.3) is 0 Å². The Balaban J connectivity index is 2.65. The molecule has 0 radical (unpaired) electrons. The standard InChI is InChI=1S/C10H11N3O2/c1-6-12-9-7(5-8(14)15)3-4-11-10(9)13(6)2/h3-4H,5H2,1-2H3,(H,14,15). The Labute approximate surface area is 86.4 Å². The minimum Gasteiger partial charge on any atom is -0.481 e. The molecule has 78 valence electrons. The van der Waals surface area contributed by atoms with E-state index in [4.69, 9.17) is 5.11 Å². The molecular weight excluding hydrogens is 194 g/mol. The maximum absolute atomic E-state index is 10.6. The van der Waals surface area contributed by atoms with Gasteiger partial charge >= 0.3 is 5.97 Å². The van der Waals surface area contributed by atoms with E-state index < -0.39 is 5.97 Å². The molecule has 2 aromatic heterocycles. The van der Waals surface area contributed by atoms with Crippen molar-refractivity contribution in [2.75, 3.05) is 0 Å². The quantitative estimate of drug-likeness (QED) is 0.791. The van der Waals surface area contributed by atoms with E-state index in [0.717, 1.165) is 11.5 Å². The predicted octanol–water partition coefficient (Wildman–Crippen LogP) is 0.904. The van der Waals surface area contributed by atoms with Gasteiger partial charge in [0.05, 0.1) is 6.42 Å². The van der Waals surface area contributed by atoms with E-state index in [0.29, 0.717) is 11.1 Å². The summed E-state index contributed by atoms with van der Waals surface area (Å²) < 4.78 is 1.85. The Kier molecular flexibility index (Phi) is 2.15. The lowest BCUT2D eigenvalue weighted by atomic mass is 10.2. The number of pyridine rings is 1. The lowest BCUT2D eigenvalue weighted by Crippen LogP contribution is -2.01. The minimum absolute atomic E-state index is 0.0184. The number of hydrogen-bond donors (Lipinski definition) is 1. The number of aliphatic carboxylic acids is 1. The van der Waals surface area contributed by atoms with Crippen molar-refractivity contribution in [1.82, 2.24) is 14.5 Å². The van der Waals surface area contributed by atoms with Crippen LogP contribution in [0.4, 0.5) is 0 Å². The van der Waals surface area contributed by atoms with Crippen LogP contribution in [0.25, 0.3) is 11.2 Å². The van der Waals surface area contributed by atoms with Crippen LogP contribution in [0.1, 0.15) is 11.4 Å². The number of carboxylic acid groups (broad SMARTS) is 1. The highest BCUT2D eigenvalue weighted by Gasteiger charge is 2.11. The molecule has 0 aliphatic carbocycles. The molecule has 0 bridgehead atoms. The number of fused-ring (bicyclic) bond motifs is 1. The van der Waals surface area contributed by atoms with Crippen LogP contribution in [-0.2, 0) is 18.3 Å². The molecule has 15 heavy (non-hydrogen) atoms. The zero-order valence-corrected chi connectivity index (χ0v) is 8.56. The summed E-state index contributed by atoms with van der Waals surface area (Å²) in [6, 6.07) is 1.70. The number of rotatable bonds is 2. The topological polar surface area (TPSA) is 68.0 Å². The molecule has 0 aliphatic heterocycles. The summed E-state index contributed by atoms with van der Waals surface area (Å²) in [6.45, 7) is 1.87. The van der Waals surface area contributed by atoms with Crippen LogP contribution in [0, 0.1) is 6.92 Å². The van der Waals surface area contributed by atoms with Crippen molar-refractivity contribution >= 4 is 17.1 Å². The fourth-order valence-corrected chi connectivity index (χ4v) is 1.54. The van der Waals surface area contributed by atoms with Crippen molar-refractivity contribution < 1.29 is 9.90 Å². The SMILES string of the molecule is Cc1nc2c(CC(=O)O)ccnc2n1C. The predicted molar refractivity (Wildman–Crippen MR) is 54.6 cm³/mol. The van der Waals surface area contributed by atoms with Crippen molar-refractivity contribution in [2.24, 2.45) is 7.05 Å². The highest BCUT2D eigenvalue weighted by Crippen LogP contribution is 2.16. The van der Waals surface area contributed by atoms with Gasteiger partial charge in [-0.3, -0.25) is 4.79 Å². The molecule has 0 aliphatic rings. The number of hydrogen-bond acceptors (Lipinski definition) is 3. The second kappa shape index (κ2) is 3.34. The number of aryl methyl sites for hydroxylation is 2. The molecule has 1 N–H and O–H groups in total. The molecular formula is C10H11N3O2. The third kappa shape index (κ3) is 1.56. The Bertz CT molecular complexity index is 531. The highest BCUT2D eigenvalue weighted by atomic mass is 16.4. The molecule has 0 amide bonds. The number of imidazole rings is 1. The first-order valence-corrected chi connectivity index (χ1v) is 4.58. The second-order valence-corrected chi connectivity index (χ2v) is 3.43. The summed E-state index contributed by atoms with van der Waals surface area (Å²) in [4.78, 5) is 19.1. The minimum atomic E-state index is -0.856. The Morgan fingerprint density at radius 1 is 1.60 bits per heavy atom. The van der Waals surface area contributed by atoms with Crippen LogP contribution in [0.2, 0.25) is 0 Å². The van der Waals surface area contributed by atoms with E-state index in [1.807, 2.05) is 18.5 Å². The first-order chi connectivity index (χ1) is 7.09. The monoisotopic (exact) mass is 205 g/mol. The summed E-state index contributed by atoms with van der Waals surface area (Å²) in [6.07, 6.45) is 1.59. The largest absolute Gasteiger partial charge is 0.481 e. The van der Waals surface area contributed by atoms with E-state index in [1.165, 1.54) is 0 Å². The molecule has 2 heterocycles. The van der Waals surface area contributed by atoms with Gasteiger partial charge in [-0.15, -0.1) is 0 Å². The van der Waals surface area contributed by atoms with E-state index in [-0.39, 0.29) is 6.42 Å². The first kappa shape index (κ1) is 9.64. The van der Waals surface area contributed by atoms with Crippen LogP contribution in [-0.4, -0.2) is 25.6 Å². The lowest BCUT2D eigenvalue weighted by molar-refractivity contribution is -0.136. The van der Waals surface area contributed by atoms with Crippen molar-refractivity contribution in [2.45, 2.75) is 13.3 Å². The van der Waals surface area contributed by atoms with Crippen molar-refractivity contribution in [3.05, 3.63) is 23.7 Å². The number of carboxylic acids is 1. The average molecular weight is 205 g/mol. The smallest absolute Gasteiger partial charge is 0.307 e. The molecule has 0 saturated carbocycles. The van der Waals surface area contributed by atoms with Crippen molar-refractivity contribution in [3.8, 4) is 0 Å². The van der Waals surface area contributed by atoms with Gasteiger partial charge in [-0.25, -0.2) is 9.97 Å². The third-order valence-corrected chi connectivity index (χ3v) is 2.41. The molecule has 5 nitrogen and oxygen atoms in total. The van der Waals surface area contributed by atoms with Gasteiger partial charge in [-0.05, 0) is 18.6 Å². The summed E-state index contributed by atoms with van der Waals surface area (Å²) in [5.74, 6) is -0.0267. The van der Waals surface area contributed by atoms with Gasteiger partial charge in [-0.1, -0.05) is 0 Å². The van der Waals surface area contributed by atoms with E-state index in [2.05, 4.69) is 9.97 Å². The molecule has 0 aromatic carbocycles. The first-order valence-electron chi connectivity index (χ1n) is 4.58. The molecule has 0 spiro atoms. The lowest BCUT2D eigenvalue weighted by Gasteiger charge is -1.98. The fourth-order valence-electron chi connectivity index (χ4n) is 1.54. The maximum atomic E-state index is 10.6. The number of carbonyl (C=O) groups is 1. The van der Waals surface area contributed by atoms with Crippen molar-refractivity contribution in [1.29, 1.82) is 0 Å². The van der Waals surface area contributed by atoms with Crippen LogP contribution in [0.3, 0.4) is 0 Å². The molecule has 0 fully saturated rings. The summed E-state index contributed by atoms with van der Waals surface area (Å²) in [7, 11) is 1.86. The molecule has 0 unspecified atom stereocenters. The normalized spacial score (nSPS) is 10.8. The third-order valence-electron chi connectivity index (χ3n) is 2.41. The molecule has 0 saturated heterocycles. The Hall–Kier alpha value is -1.91. The van der Waals surface area contributed by atoms with E-state index >= 15 is 0 Å². The van der Waals surface area contributed by atoms with Crippen LogP contribution >= 0.6 is 0 Å². The summed E-state index contributed by atoms with van der Waals surface area (Å²) in [5, 5.41) is 8.75. The van der Waals surface area contributed by atoms with Crippen LogP contribution < -0.4 is 0 Å². The summed E-state index contributed by atoms with van der Waals surface area (Å²) >= 11 is 0. The van der Waals surface area contributed by atoms with Gasteiger partial charge < -0.3 is 9.67 Å². The maximum Gasteiger partial charge on any atom is 0.307 e. The number of nitrogens with zero attached hydrogens (tertiary/aromatic N) is 3. The summed E-state index contributed by atoms with van der Waals surface area (Å²) in [5.41, 5.74) is 2.11. The highest BCUT2D eigenvalue weighted by molar-refractivity contribution is 5.81. The van der Waals surface area contributed by atoms with E-state index in [1.54, 1.807) is 12.3 Å². The van der Waals surface area contributed by atoms with Gasteiger partial charge in [0, 0.05) is 13.2 Å². The Morgan fingerprint density at radius 2 is 2.33 bits per heavy atom. The zero-order chi connectivity index (χ0) is 11.0. The van der Waals surface area contributed by atoms with Gasteiger partial charge in [0.15, 0.2) is 5.65 Å². The zero-order valence-electron chi connectivity index (χ0n) is 8.56. The molecule has 2 aromatic rings. The van der Waals surface area contributed by atoms with Crippen LogP contribution in [0.15, 0.2) is 12.3 Å². The van der Waals surface area contributed by atoms with Crippen LogP contribution in [0.5, 0.6) is 0 Å². The fraction of sp³-hybridized carbons (Fsp3) is 0.300. The van der Waals surface area contributed by atoms with Crippen molar-refractivity contribution in [3.63, 3.8) is 0 Å². The number of aromatic nitrogens is 3. The Morgan fingerprint density at radius 3 is 3.00 bits per heavy atom. The van der Waals surface area contributed by atoms with Gasteiger partial charge in [0.1, 0.15) is 11.3 Å². The van der Waals surface area contributed by atoms with Gasteiger partial charge in [0.2, 0.25) is 0 Å².